The summed E-state index contributed by atoms with van der Waals surface area (Å²) in [4.78, 5) is 4.37. The van der Waals surface area contributed by atoms with E-state index >= 15 is 0 Å². The maximum Gasteiger partial charge on any atom is 0.0412 e. The van der Waals surface area contributed by atoms with Crippen molar-refractivity contribution in [2.45, 2.75) is 34.6 Å². The molecule has 0 spiro atoms. The number of aliphatic imine (C=N–C) groups is 1. The third-order valence-corrected chi connectivity index (χ3v) is 1.71. The van der Waals surface area contributed by atoms with Crippen LogP contribution in [-0.2, 0) is 0 Å². The minimum atomic E-state index is 0.589. The molecule has 0 aromatic rings. The molecule has 12 heavy (non-hydrogen) atoms. The van der Waals surface area contributed by atoms with Crippen LogP contribution in [-0.4, -0.2) is 12.8 Å². The summed E-state index contributed by atoms with van der Waals surface area (Å²) >= 11 is 0. The summed E-state index contributed by atoms with van der Waals surface area (Å²) in [6.45, 7) is 11.7. The third-order valence-electron chi connectivity index (χ3n) is 1.71. The molecular weight excluding hydrogens is 146 g/mol. The first-order valence-corrected chi connectivity index (χ1v) is 4.74. The monoisotopic (exact) mass is 167 g/mol. The smallest absolute Gasteiger partial charge is 0.0412 e. The second kappa shape index (κ2) is 5.99. The standard InChI is InChI=1S/C11H21N/c1-6-11(10(4)5)8-12-7-9(2)3/h6,8-10H,7H2,1-5H3/b11-6+,12-8?. The Bertz CT molecular complexity index is 164. The zero-order valence-corrected chi connectivity index (χ0v) is 8.96. The van der Waals surface area contributed by atoms with Gasteiger partial charge in [-0.05, 0) is 24.3 Å². The Hall–Kier alpha value is -0.590. The fraction of sp³-hybridized carbons (Fsp3) is 0.727. The molecular formula is C11H21N. The average molecular weight is 167 g/mol. The van der Waals surface area contributed by atoms with E-state index in [0.717, 1.165) is 6.54 Å². The van der Waals surface area contributed by atoms with Gasteiger partial charge in [-0.15, -0.1) is 0 Å². The van der Waals surface area contributed by atoms with Crippen LogP contribution in [0.4, 0.5) is 0 Å². The Morgan fingerprint density at radius 1 is 1.25 bits per heavy atom. The molecule has 0 atom stereocenters. The van der Waals surface area contributed by atoms with E-state index in [-0.39, 0.29) is 0 Å². The molecule has 70 valence electrons. The van der Waals surface area contributed by atoms with Crippen LogP contribution in [0.2, 0.25) is 0 Å². The van der Waals surface area contributed by atoms with Crippen LogP contribution in [0.25, 0.3) is 0 Å². The lowest BCUT2D eigenvalue weighted by molar-refractivity contribution is 0.666. The van der Waals surface area contributed by atoms with Crippen LogP contribution >= 0.6 is 0 Å². The molecule has 0 amide bonds. The predicted octanol–water partition coefficient (Wildman–Crippen LogP) is 3.32. The van der Waals surface area contributed by atoms with Gasteiger partial charge in [0.2, 0.25) is 0 Å². The fourth-order valence-corrected chi connectivity index (χ4v) is 0.926. The Morgan fingerprint density at radius 3 is 2.17 bits per heavy atom. The van der Waals surface area contributed by atoms with E-state index in [1.54, 1.807) is 0 Å². The normalized spacial score (nSPS) is 13.8. The molecule has 0 saturated carbocycles. The second-order valence-electron chi connectivity index (χ2n) is 3.83. The summed E-state index contributed by atoms with van der Waals surface area (Å²) in [5.74, 6) is 1.25. The zero-order chi connectivity index (χ0) is 9.56. The molecule has 0 rings (SSSR count). The van der Waals surface area contributed by atoms with Crippen molar-refractivity contribution >= 4 is 6.21 Å². The van der Waals surface area contributed by atoms with E-state index in [1.165, 1.54) is 5.57 Å². The molecule has 0 unspecified atom stereocenters. The first kappa shape index (κ1) is 11.4. The molecule has 0 radical (unpaired) electrons. The highest BCUT2D eigenvalue weighted by atomic mass is 14.7. The van der Waals surface area contributed by atoms with E-state index < -0.39 is 0 Å². The van der Waals surface area contributed by atoms with Gasteiger partial charge >= 0.3 is 0 Å². The van der Waals surface area contributed by atoms with Gasteiger partial charge in [0, 0.05) is 12.8 Å². The van der Waals surface area contributed by atoms with Crippen LogP contribution in [0.3, 0.4) is 0 Å². The highest BCUT2D eigenvalue weighted by molar-refractivity contribution is 5.78. The Labute approximate surface area is 76.6 Å². The summed E-state index contributed by atoms with van der Waals surface area (Å²) in [5, 5.41) is 0. The minimum absolute atomic E-state index is 0.589. The quantitative estimate of drug-likeness (QED) is 0.570. The van der Waals surface area contributed by atoms with Gasteiger partial charge in [-0.1, -0.05) is 33.8 Å². The Balaban J connectivity index is 3.95. The van der Waals surface area contributed by atoms with Crippen molar-refractivity contribution < 1.29 is 0 Å². The van der Waals surface area contributed by atoms with E-state index in [9.17, 15) is 0 Å². The highest BCUT2D eigenvalue weighted by Crippen LogP contribution is 2.06. The molecule has 0 aliphatic heterocycles. The van der Waals surface area contributed by atoms with E-state index in [0.29, 0.717) is 11.8 Å². The van der Waals surface area contributed by atoms with Crippen molar-refractivity contribution in [3.8, 4) is 0 Å². The third kappa shape index (κ3) is 5.11. The van der Waals surface area contributed by atoms with Crippen molar-refractivity contribution in [2.75, 3.05) is 6.54 Å². The Kier molecular flexibility index (Phi) is 5.69. The van der Waals surface area contributed by atoms with Crippen LogP contribution in [0.5, 0.6) is 0 Å². The predicted molar refractivity (Wildman–Crippen MR) is 56.8 cm³/mol. The summed E-state index contributed by atoms with van der Waals surface area (Å²) in [6, 6.07) is 0. The number of hydrogen-bond acceptors (Lipinski definition) is 1. The maximum absolute atomic E-state index is 4.37. The van der Waals surface area contributed by atoms with Gasteiger partial charge < -0.3 is 0 Å². The van der Waals surface area contributed by atoms with Crippen molar-refractivity contribution in [3.05, 3.63) is 11.6 Å². The molecule has 0 aliphatic rings. The number of hydrogen-bond donors (Lipinski definition) is 0. The highest BCUT2D eigenvalue weighted by Gasteiger charge is 1.97. The van der Waals surface area contributed by atoms with Gasteiger partial charge in [0.05, 0.1) is 0 Å². The van der Waals surface area contributed by atoms with Gasteiger partial charge in [-0.25, -0.2) is 0 Å². The lowest BCUT2D eigenvalue weighted by atomic mass is 10.0. The van der Waals surface area contributed by atoms with Gasteiger partial charge in [-0.3, -0.25) is 4.99 Å². The summed E-state index contributed by atoms with van der Waals surface area (Å²) < 4.78 is 0. The molecule has 0 fully saturated rings. The second-order valence-corrected chi connectivity index (χ2v) is 3.83. The van der Waals surface area contributed by atoms with Gasteiger partial charge in [0.15, 0.2) is 0 Å². The van der Waals surface area contributed by atoms with E-state index in [2.05, 4.69) is 45.7 Å². The maximum atomic E-state index is 4.37. The lowest BCUT2D eigenvalue weighted by Gasteiger charge is -2.04. The van der Waals surface area contributed by atoms with Crippen molar-refractivity contribution in [1.29, 1.82) is 0 Å². The fourth-order valence-electron chi connectivity index (χ4n) is 0.926. The Morgan fingerprint density at radius 2 is 1.83 bits per heavy atom. The van der Waals surface area contributed by atoms with Crippen LogP contribution < -0.4 is 0 Å². The largest absolute Gasteiger partial charge is 0.293 e. The number of allylic oxidation sites excluding steroid dienone is 2. The van der Waals surface area contributed by atoms with E-state index in [4.69, 9.17) is 0 Å². The van der Waals surface area contributed by atoms with Gasteiger partial charge in [0.25, 0.3) is 0 Å². The molecule has 0 saturated heterocycles. The SMILES string of the molecule is C/C=C(\C=NCC(C)C)C(C)C. The van der Waals surface area contributed by atoms with E-state index in [1.807, 2.05) is 6.21 Å². The van der Waals surface area contributed by atoms with Crippen molar-refractivity contribution in [2.24, 2.45) is 16.8 Å². The first-order chi connectivity index (χ1) is 5.57. The molecule has 0 N–H and O–H groups in total. The van der Waals surface area contributed by atoms with Crippen LogP contribution in [0.15, 0.2) is 16.6 Å². The molecule has 1 nitrogen and oxygen atoms in total. The van der Waals surface area contributed by atoms with Crippen LogP contribution in [0.1, 0.15) is 34.6 Å². The topological polar surface area (TPSA) is 12.4 Å². The van der Waals surface area contributed by atoms with Gasteiger partial charge in [0.1, 0.15) is 0 Å². The average Bonchev–Trinajstić information content (AvgIpc) is 1.96. The van der Waals surface area contributed by atoms with Crippen molar-refractivity contribution in [3.63, 3.8) is 0 Å². The summed E-state index contributed by atoms with van der Waals surface area (Å²) in [6.07, 6.45) is 4.14. The lowest BCUT2D eigenvalue weighted by Crippen LogP contribution is -1.98. The number of rotatable bonds is 4. The molecule has 0 aliphatic carbocycles. The first-order valence-electron chi connectivity index (χ1n) is 4.74. The molecule has 0 bridgehead atoms. The number of nitrogens with zero attached hydrogens (tertiary/aromatic N) is 1. The van der Waals surface area contributed by atoms with Crippen molar-refractivity contribution in [1.82, 2.24) is 0 Å². The van der Waals surface area contributed by atoms with Crippen LogP contribution in [0, 0.1) is 11.8 Å². The summed E-state index contributed by atoms with van der Waals surface area (Å²) in [5.41, 5.74) is 1.33. The minimum Gasteiger partial charge on any atom is -0.293 e. The van der Waals surface area contributed by atoms with Gasteiger partial charge in [-0.2, -0.15) is 0 Å². The molecule has 0 heterocycles. The summed E-state index contributed by atoms with van der Waals surface area (Å²) in [7, 11) is 0. The zero-order valence-electron chi connectivity index (χ0n) is 8.96. The molecule has 0 aromatic heterocycles. The molecule has 0 aromatic carbocycles. The molecule has 1 heteroatoms.